The average molecular weight is 478 g/mol. The molecule has 32 heavy (non-hydrogen) atoms. The van der Waals surface area contributed by atoms with Gasteiger partial charge in [-0.1, -0.05) is 12.1 Å². The Labute approximate surface area is 189 Å². The fourth-order valence-corrected chi connectivity index (χ4v) is 6.29. The maximum absolute atomic E-state index is 13.2. The topological polar surface area (TPSA) is 104 Å². The highest BCUT2D eigenvalue weighted by molar-refractivity contribution is 7.92. The summed E-state index contributed by atoms with van der Waals surface area (Å²) in [5, 5.41) is 0. The Hall–Kier alpha value is -2.43. The van der Waals surface area contributed by atoms with Gasteiger partial charge in [0.05, 0.1) is 11.2 Å². The van der Waals surface area contributed by atoms with Gasteiger partial charge in [-0.05, 0) is 67.1 Å². The van der Waals surface area contributed by atoms with Crippen molar-refractivity contribution in [3.8, 4) is 0 Å². The van der Waals surface area contributed by atoms with Gasteiger partial charge in [0.1, 0.15) is 0 Å². The van der Waals surface area contributed by atoms with Gasteiger partial charge in [0.15, 0.2) is 0 Å². The van der Waals surface area contributed by atoms with E-state index in [9.17, 15) is 21.6 Å². The van der Waals surface area contributed by atoms with Gasteiger partial charge in [0.2, 0.25) is 20.0 Å². The molecule has 172 valence electrons. The molecule has 0 unspecified atom stereocenters. The molecular weight excluding hydrogens is 450 g/mol. The Kier molecular flexibility index (Phi) is 6.28. The molecule has 2 aromatic carbocycles. The van der Waals surface area contributed by atoms with Crippen molar-refractivity contribution in [2.75, 3.05) is 37.2 Å². The second-order valence-corrected chi connectivity index (χ2v) is 12.0. The Morgan fingerprint density at radius 3 is 2.25 bits per heavy atom. The number of piperazine rings is 1. The number of carbonyl (C=O) groups is 1. The average Bonchev–Trinajstić information content (AvgIpc) is 2.77. The van der Waals surface area contributed by atoms with Crippen LogP contribution >= 0.6 is 0 Å². The molecule has 0 atom stereocenters. The number of sulfonamides is 2. The molecule has 8 nitrogen and oxygen atoms in total. The van der Waals surface area contributed by atoms with E-state index in [1.54, 1.807) is 29.2 Å². The fourth-order valence-electron chi connectivity index (χ4n) is 4.26. The molecule has 1 aliphatic carbocycles. The maximum atomic E-state index is 13.2. The third-order valence-electron chi connectivity index (χ3n) is 5.90. The second-order valence-electron chi connectivity index (χ2n) is 8.29. The summed E-state index contributed by atoms with van der Waals surface area (Å²) in [7, 11) is -7.07. The number of fused-ring (bicyclic) bond motifs is 1. The van der Waals surface area contributed by atoms with Gasteiger partial charge in [-0.25, -0.2) is 16.8 Å². The van der Waals surface area contributed by atoms with Gasteiger partial charge in [0, 0.05) is 37.4 Å². The predicted octanol–water partition coefficient (Wildman–Crippen LogP) is 2.08. The van der Waals surface area contributed by atoms with E-state index in [0.717, 1.165) is 37.5 Å². The molecule has 1 aliphatic heterocycles. The molecule has 4 rings (SSSR count). The zero-order valence-corrected chi connectivity index (χ0v) is 19.6. The number of hydrogen-bond acceptors (Lipinski definition) is 5. The predicted molar refractivity (Wildman–Crippen MR) is 123 cm³/mol. The molecule has 1 N–H and O–H groups in total. The Bertz CT molecular complexity index is 1230. The minimum absolute atomic E-state index is 0.215. The monoisotopic (exact) mass is 477 g/mol. The highest BCUT2D eigenvalue weighted by Crippen LogP contribution is 2.26. The van der Waals surface area contributed by atoms with Crippen LogP contribution in [0.15, 0.2) is 47.4 Å². The Balaban J connectivity index is 1.44. The van der Waals surface area contributed by atoms with Crippen LogP contribution in [0.25, 0.3) is 0 Å². The van der Waals surface area contributed by atoms with Crippen LogP contribution in [0.2, 0.25) is 0 Å². The highest BCUT2D eigenvalue weighted by atomic mass is 32.2. The quantitative estimate of drug-likeness (QED) is 0.710. The Morgan fingerprint density at radius 2 is 1.56 bits per heavy atom. The number of hydrogen-bond donors (Lipinski definition) is 1. The van der Waals surface area contributed by atoms with Gasteiger partial charge >= 0.3 is 0 Å². The first-order chi connectivity index (χ1) is 15.1. The summed E-state index contributed by atoms with van der Waals surface area (Å²) in [5.74, 6) is -0.257. The number of amides is 1. The van der Waals surface area contributed by atoms with Crippen molar-refractivity contribution in [2.24, 2.45) is 0 Å². The molecule has 1 saturated heterocycles. The lowest BCUT2D eigenvalue weighted by atomic mass is 9.92. The third-order valence-corrected chi connectivity index (χ3v) is 8.40. The summed E-state index contributed by atoms with van der Waals surface area (Å²) in [5.41, 5.74) is 3.02. The van der Waals surface area contributed by atoms with E-state index >= 15 is 0 Å². The summed E-state index contributed by atoms with van der Waals surface area (Å²) in [6.07, 6.45) is 5.18. The zero-order valence-electron chi connectivity index (χ0n) is 18.0. The molecule has 2 aliphatic rings. The van der Waals surface area contributed by atoms with Gasteiger partial charge < -0.3 is 4.90 Å². The van der Waals surface area contributed by atoms with E-state index in [0.29, 0.717) is 16.1 Å². The second kappa shape index (κ2) is 8.84. The summed E-state index contributed by atoms with van der Waals surface area (Å²) < 4.78 is 53.0. The molecule has 0 radical (unpaired) electrons. The number of aryl methyl sites for hydroxylation is 2. The van der Waals surface area contributed by atoms with E-state index in [1.165, 1.54) is 15.9 Å². The van der Waals surface area contributed by atoms with Crippen LogP contribution in [-0.2, 0) is 32.9 Å². The molecule has 1 heterocycles. The molecule has 0 bridgehead atoms. The lowest BCUT2D eigenvalue weighted by Crippen LogP contribution is -2.50. The summed E-state index contributed by atoms with van der Waals surface area (Å²) in [6.45, 7) is 0.971. The SMILES string of the molecule is CS(=O)(=O)Nc1cccc(C(=O)N2CCN(S(=O)(=O)c3ccc4c(c3)CCCC4)CC2)c1. The van der Waals surface area contributed by atoms with Crippen molar-refractivity contribution in [3.05, 3.63) is 59.2 Å². The lowest BCUT2D eigenvalue weighted by Gasteiger charge is -2.34. The minimum atomic E-state index is -3.62. The van der Waals surface area contributed by atoms with E-state index in [-0.39, 0.29) is 32.1 Å². The van der Waals surface area contributed by atoms with Gasteiger partial charge in [-0.3, -0.25) is 9.52 Å². The van der Waals surface area contributed by atoms with Crippen LogP contribution in [0.3, 0.4) is 0 Å². The number of nitrogens with zero attached hydrogens (tertiary/aromatic N) is 2. The number of benzene rings is 2. The third kappa shape index (κ3) is 4.97. The number of carbonyl (C=O) groups excluding carboxylic acids is 1. The maximum Gasteiger partial charge on any atom is 0.254 e. The van der Waals surface area contributed by atoms with E-state index in [4.69, 9.17) is 0 Å². The van der Waals surface area contributed by atoms with Gasteiger partial charge in [-0.15, -0.1) is 0 Å². The molecule has 0 saturated carbocycles. The molecule has 1 amide bonds. The molecular formula is C22H27N3O5S2. The van der Waals surface area contributed by atoms with Crippen molar-refractivity contribution in [2.45, 2.75) is 30.6 Å². The smallest absolute Gasteiger partial charge is 0.254 e. The van der Waals surface area contributed by atoms with Crippen molar-refractivity contribution >= 4 is 31.6 Å². The number of nitrogens with one attached hydrogen (secondary N) is 1. The van der Waals surface area contributed by atoms with Crippen molar-refractivity contribution < 1.29 is 21.6 Å². The van der Waals surface area contributed by atoms with Crippen molar-refractivity contribution in [1.82, 2.24) is 9.21 Å². The molecule has 0 spiro atoms. The lowest BCUT2D eigenvalue weighted by molar-refractivity contribution is 0.0698. The molecule has 0 aromatic heterocycles. The van der Waals surface area contributed by atoms with E-state index < -0.39 is 20.0 Å². The summed E-state index contributed by atoms with van der Waals surface area (Å²) in [6, 6.07) is 11.7. The van der Waals surface area contributed by atoms with Crippen LogP contribution in [0, 0.1) is 0 Å². The van der Waals surface area contributed by atoms with E-state index in [2.05, 4.69) is 4.72 Å². The van der Waals surface area contributed by atoms with Crippen molar-refractivity contribution in [3.63, 3.8) is 0 Å². The minimum Gasteiger partial charge on any atom is -0.336 e. The Morgan fingerprint density at radius 1 is 0.875 bits per heavy atom. The van der Waals surface area contributed by atoms with Crippen LogP contribution in [0.4, 0.5) is 5.69 Å². The number of anilines is 1. The van der Waals surface area contributed by atoms with Crippen LogP contribution < -0.4 is 4.72 Å². The van der Waals surface area contributed by atoms with Crippen LogP contribution in [0.5, 0.6) is 0 Å². The molecule has 1 fully saturated rings. The standard InChI is InChI=1S/C22H27N3O5S2/c1-31(27,28)23-20-8-4-7-19(15-20)22(26)24-11-13-25(14-12-24)32(29,30)21-10-9-17-5-2-3-6-18(17)16-21/h4,7-10,15-16,23H,2-3,5-6,11-14H2,1H3. The van der Waals surface area contributed by atoms with Gasteiger partial charge in [-0.2, -0.15) is 4.31 Å². The van der Waals surface area contributed by atoms with E-state index in [1.807, 2.05) is 12.1 Å². The molecule has 10 heteroatoms. The van der Waals surface area contributed by atoms with Crippen molar-refractivity contribution in [1.29, 1.82) is 0 Å². The largest absolute Gasteiger partial charge is 0.336 e. The first kappa shape index (κ1) is 22.8. The van der Waals surface area contributed by atoms with Crippen LogP contribution in [-0.4, -0.2) is 64.4 Å². The molecule has 2 aromatic rings. The zero-order chi connectivity index (χ0) is 22.9. The number of rotatable bonds is 5. The fraction of sp³-hybridized carbons (Fsp3) is 0.409. The summed E-state index contributed by atoms with van der Waals surface area (Å²) >= 11 is 0. The normalized spacial score (nSPS) is 17.6. The first-order valence-electron chi connectivity index (χ1n) is 10.6. The van der Waals surface area contributed by atoms with Gasteiger partial charge in [0.25, 0.3) is 5.91 Å². The highest BCUT2D eigenvalue weighted by Gasteiger charge is 2.31. The van der Waals surface area contributed by atoms with Crippen LogP contribution in [0.1, 0.15) is 34.3 Å². The summed E-state index contributed by atoms with van der Waals surface area (Å²) in [4.78, 5) is 14.8. The first-order valence-corrected chi connectivity index (χ1v) is 14.0.